The van der Waals surface area contributed by atoms with Crippen LogP contribution in [0, 0.1) is 0 Å². The molecule has 1 heterocycles. The molecule has 0 saturated heterocycles. The zero-order chi connectivity index (χ0) is 16.1. The van der Waals surface area contributed by atoms with E-state index in [4.69, 9.17) is 15.2 Å². The Hall–Kier alpha value is -2.08. The van der Waals surface area contributed by atoms with Crippen LogP contribution in [-0.4, -0.2) is 29.2 Å². The van der Waals surface area contributed by atoms with E-state index in [-0.39, 0.29) is 0 Å². The Balaban J connectivity index is 2.55. The molecule has 0 bridgehead atoms. The second-order valence-corrected chi connectivity index (χ2v) is 5.09. The maximum absolute atomic E-state index is 5.83. The molecular formula is C16H24N4O2. The lowest BCUT2D eigenvalue weighted by Crippen LogP contribution is -2.11. The van der Waals surface area contributed by atoms with Crippen LogP contribution >= 0.6 is 0 Å². The van der Waals surface area contributed by atoms with E-state index in [1.807, 2.05) is 22.9 Å². The molecule has 2 rings (SSSR count). The van der Waals surface area contributed by atoms with Crippen LogP contribution in [0.25, 0.3) is 5.69 Å². The SMILES string of the molecule is CCC(CC)c1c(CN)nnn1-c1ccc(OC)c(OC)c1. The molecule has 0 atom stereocenters. The molecule has 120 valence electrons. The van der Waals surface area contributed by atoms with E-state index < -0.39 is 0 Å². The Labute approximate surface area is 131 Å². The van der Waals surface area contributed by atoms with Crippen molar-refractivity contribution in [2.24, 2.45) is 5.73 Å². The molecule has 1 aromatic carbocycles. The zero-order valence-corrected chi connectivity index (χ0v) is 13.7. The van der Waals surface area contributed by atoms with Gasteiger partial charge < -0.3 is 15.2 Å². The number of hydrogen-bond acceptors (Lipinski definition) is 5. The monoisotopic (exact) mass is 304 g/mol. The lowest BCUT2D eigenvalue weighted by molar-refractivity contribution is 0.354. The number of hydrogen-bond donors (Lipinski definition) is 1. The van der Waals surface area contributed by atoms with E-state index in [2.05, 4.69) is 24.2 Å². The fraction of sp³-hybridized carbons (Fsp3) is 0.500. The Morgan fingerprint density at radius 1 is 1.14 bits per heavy atom. The first-order valence-corrected chi connectivity index (χ1v) is 7.56. The molecule has 0 unspecified atom stereocenters. The fourth-order valence-electron chi connectivity index (χ4n) is 2.70. The summed E-state index contributed by atoms with van der Waals surface area (Å²) >= 11 is 0. The van der Waals surface area contributed by atoms with Gasteiger partial charge in [0.1, 0.15) is 5.69 Å². The summed E-state index contributed by atoms with van der Waals surface area (Å²) in [7, 11) is 3.24. The van der Waals surface area contributed by atoms with Gasteiger partial charge >= 0.3 is 0 Å². The Bertz CT molecular complexity index is 621. The molecule has 2 N–H and O–H groups in total. The van der Waals surface area contributed by atoms with Gasteiger partial charge in [0.25, 0.3) is 0 Å². The first-order valence-electron chi connectivity index (χ1n) is 7.56. The van der Waals surface area contributed by atoms with Crippen molar-refractivity contribution >= 4 is 0 Å². The standard InChI is InChI=1S/C16H24N4O2/c1-5-11(6-2)16-13(10-17)18-19-20(16)12-7-8-14(21-3)15(9-12)22-4/h7-9,11H,5-6,10,17H2,1-4H3. The van der Waals surface area contributed by atoms with Crippen molar-refractivity contribution in [2.45, 2.75) is 39.2 Å². The highest BCUT2D eigenvalue weighted by atomic mass is 16.5. The molecule has 0 radical (unpaired) electrons. The highest BCUT2D eigenvalue weighted by molar-refractivity contribution is 5.49. The van der Waals surface area contributed by atoms with Gasteiger partial charge in [0.05, 0.1) is 25.6 Å². The lowest BCUT2D eigenvalue weighted by Gasteiger charge is -2.16. The van der Waals surface area contributed by atoms with Crippen molar-refractivity contribution in [3.05, 3.63) is 29.6 Å². The smallest absolute Gasteiger partial charge is 0.162 e. The van der Waals surface area contributed by atoms with Gasteiger partial charge in [0.2, 0.25) is 0 Å². The van der Waals surface area contributed by atoms with Crippen LogP contribution in [0.2, 0.25) is 0 Å². The van der Waals surface area contributed by atoms with Crippen LogP contribution < -0.4 is 15.2 Å². The molecule has 0 aliphatic rings. The average molecular weight is 304 g/mol. The average Bonchev–Trinajstić information content (AvgIpc) is 2.99. The van der Waals surface area contributed by atoms with Crippen molar-refractivity contribution in [2.75, 3.05) is 14.2 Å². The minimum Gasteiger partial charge on any atom is -0.493 e. The topological polar surface area (TPSA) is 75.2 Å². The lowest BCUT2D eigenvalue weighted by atomic mass is 9.97. The minimum atomic E-state index is 0.377. The summed E-state index contributed by atoms with van der Waals surface area (Å²) in [5, 5.41) is 8.54. The quantitative estimate of drug-likeness (QED) is 0.851. The van der Waals surface area contributed by atoms with E-state index in [0.717, 1.165) is 29.9 Å². The Morgan fingerprint density at radius 2 is 1.82 bits per heavy atom. The van der Waals surface area contributed by atoms with Crippen LogP contribution in [0.4, 0.5) is 0 Å². The first kappa shape index (κ1) is 16.3. The summed E-state index contributed by atoms with van der Waals surface area (Å²) in [4.78, 5) is 0. The van der Waals surface area contributed by atoms with Crippen molar-refractivity contribution in [3.63, 3.8) is 0 Å². The molecule has 22 heavy (non-hydrogen) atoms. The van der Waals surface area contributed by atoms with Crippen LogP contribution in [0.1, 0.15) is 44.0 Å². The molecule has 2 aromatic rings. The predicted octanol–water partition coefficient (Wildman–Crippen LogP) is 2.65. The largest absolute Gasteiger partial charge is 0.493 e. The first-order chi connectivity index (χ1) is 10.7. The maximum atomic E-state index is 5.83. The molecule has 6 heteroatoms. The van der Waals surface area contributed by atoms with Gasteiger partial charge in [0, 0.05) is 18.5 Å². The molecule has 0 amide bonds. The third-order valence-electron chi connectivity index (χ3n) is 3.96. The van der Waals surface area contributed by atoms with Crippen molar-refractivity contribution < 1.29 is 9.47 Å². The van der Waals surface area contributed by atoms with Gasteiger partial charge in [0.15, 0.2) is 11.5 Å². The summed E-state index contributed by atoms with van der Waals surface area (Å²) in [6, 6.07) is 5.72. The Morgan fingerprint density at radius 3 is 2.36 bits per heavy atom. The van der Waals surface area contributed by atoms with Crippen LogP contribution in [-0.2, 0) is 6.54 Å². The van der Waals surface area contributed by atoms with Gasteiger partial charge in [-0.3, -0.25) is 0 Å². The number of methoxy groups -OCH3 is 2. The van der Waals surface area contributed by atoms with Gasteiger partial charge in [-0.2, -0.15) is 0 Å². The number of ether oxygens (including phenoxy) is 2. The molecule has 6 nitrogen and oxygen atoms in total. The van der Waals surface area contributed by atoms with E-state index in [0.29, 0.717) is 24.0 Å². The van der Waals surface area contributed by atoms with Crippen molar-refractivity contribution in [1.29, 1.82) is 0 Å². The van der Waals surface area contributed by atoms with Crippen LogP contribution in [0.15, 0.2) is 18.2 Å². The summed E-state index contributed by atoms with van der Waals surface area (Å²) in [5.41, 5.74) is 8.66. The number of rotatable bonds is 7. The van der Waals surface area contributed by atoms with Gasteiger partial charge in [-0.1, -0.05) is 19.1 Å². The van der Waals surface area contributed by atoms with E-state index in [1.165, 1.54) is 0 Å². The molecule has 0 aliphatic heterocycles. The summed E-state index contributed by atoms with van der Waals surface area (Å²) in [6.07, 6.45) is 2.04. The molecule has 0 saturated carbocycles. The zero-order valence-electron chi connectivity index (χ0n) is 13.7. The molecule has 1 aromatic heterocycles. The van der Waals surface area contributed by atoms with Crippen LogP contribution in [0.5, 0.6) is 11.5 Å². The highest BCUT2D eigenvalue weighted by Gasteiger charge is 2.21. The second-order valence-electron chi connectivity index (χ2n) is 5.09. The third-order valence-corrected chi connectivity index (χ3v) is 3.96. The normalized spacial score (nSPS) is 11.0. The van der Waals surface area contributed by atoms with Gasteiger partial charge in [-0.05, 0) is 25.0 Å². The number of nitrogens with zero attached hydrogens (tertiary/aromatic N) is 3. The van der Waals surface area contributed by atoms with Gasteiger partial charge in [-0.15, -0.1) is 5.10 Å². The Kier molecular flexibility index (Phi) is 5.38. The second kappa shape index (κ2) is 7.26. The third kappa shape index (κ3) is 2.92. The predicted molar refractivity (Wildman–Crippen MR) is 85.7 cm³/mol. The van der Waals surface area contributed by atoms with Crippen molar-refractivity contribution in [3.8, 4) is 17.2 Å². The minimum absolute atomic E-state index is 0.377. The molecular weight excluding hydrogens is 280 g/mol. The number of benzene rings is 1. The fourth-order valence-corrected chi connectivity index (χ4v) is 2.70. The van der Waals surface area contributed by atoms with Crippen molar-refractivity contribution in [1.82, 2.24) is 15.0 Å². The summed E-state index contributed by atoms with van der Waals surface area (Å²) in [6.45, 7) is 4.72. The van der Waals surface area contributed by atoms with Crippen LogP contribution in [0.3, 0.4) is 0 Å². The highest BCUT2D eigenvalue weighted by Crippen LogP contribution is 2.32. The number of nitrogens with two attached hydrogens (primary N) is 1. The summed E-state index contributed by atoms with van der Waals surface area (Å²) in [5.74, 6) is 1.73. The number of aromatic nitrogens is 3. The van der Waals surface area contributed by atoms with Gasteiger partial charge in [-0.25, -0.2) is 4.68 Å². The van der Waals surface area contributed by atoms with E-state index in [1.54, 1.807) is 14.2 Å². The van der Waals surface area contributed by atoms with E-state index >= 15 is 0 Å². The molecule has 0 aliphatic carbocycles. The van der Waals surface area contributed by atoms with E-state index in [9.17, 15) is 0 Å². The maximum Gasteiger partial charge on any atom is 0.162 e. The molecule has 0 fully saturated rings. The summed E-state index contributed by atoms with van der Waals surface area (Å²) < 4.78 is 12.5. The molecule has 0 spiro atoms.